The van der Waals surface area contributed by atoms with Crippen LogP contribution in [0, 0.1) is 12.8 Å². The van der Waals surface area contributed by atoms with Crippen LogP contribution >= 0.6 is 0 Å². The van der Waals surface area contributed by atoms with Gasteiger partial charge in [-0.05, 0) is 44.7 Å². The van der Waals surface area contributed by atoms with Gasteiger partial charge in [-0.1, -0.05) is 56.7 Å². The maximum Gasteiger partial charge on any atom is 0.260 e. The smallest absolute Gasteiger partial charge is 0.260 e. The molecule has 1 aromatic heterocycles. The van der Waals surface area contributed by atoms with Gasteiger partial charge in [0.2, 0.25) is 5.95 Å². The van der Waals surface area contributed by atoms with Gasteiger partial charge < -0.3 is 0 Å². The lowest BCUT2D eigenvalue weighted by Gasteiger charge is -2.55. The highest BCUT2D eigenvalue weighted by atomic mass is 16.2. The average molecular weight is 393 g/mol. The van der Waals surface area contributed by atoms with E-state index in [1.54, 1.807) is 0 Å². The summed E-state index contributed by atoms with van der Waals surface area (Å²) in [5, 5.41) is 4.99. The first kappa shape index (κ1) is 18.8. The van der Waals surface area contributed by atoms with Crippen molar-refractivity contribution in [2.24, 2.45) is 5.92 Å². The number of hydrogen-bond donors (Lipinski definition) is 0. The van der Waals surface area contributed by atoms with Gasteiger partial charge in [-0.3, -0.25) is 9.69 Å². The number of carbonyl (C=O) groups excluding carboxylic acids is 1. The van der Waals surface area contributed by atoms with Gasteiger partial charge in [-0.2, -0.15) is 10.1 Å². The Labute approximate surface area is 173 Å². The third-order valence-electron chi connectivity index (χ3n) is 7.58. The summed E-state index contributed by atoms with van der Waals surface area (Å²) in [6, 6.07) is 8.22. The van der Waals surface area contributed by atoms with Crippen LogP contribution in [0.1, 0.15) is 86.5 Å². The second-order valence-electron chi connectivity index (χ2n) is 9.26. The van der Waals surface area contributed by atoms with E-state index < -0.39 is 0 Å². The molecule has 3 aliphatic rings. The summed E-state index contributed by atoms with van der Waals surface area (Å²) in [5.74, 6) is 2.25. The van der Waals surface area contributed by atoms with Crippen molar-refractivity contribution in [2.75, 3.05) is 4.90 Å². The highest BCUT2D eigenvalue weighted by Gasteiger charge is 2.55. The third kappa shape index (κ3) is 2.92. The second kappa shape index (κ2) is 7.26. The number of anilines is 1. The zero-order chi connectivity index (χ0) is 20.0. The van der Waals surface area contributed by atoms with Crippen LogP contribution in [0.2, 0.25) is 0 Å². The SMILES string of the molecule is CCc1nc2n(n1)C1(CCCCC1)[C@@H]1CCCC[C@@H]1N2C(=O)c1ccc(C)cc1. The second-order valence-corrected chi connectivity index (χ2v) is 9.26. The molecule has 5 heteroatoms. The molecule has 2 heterocycles. The van der Waals surface area contributed by atoms with Crippen LogP contribution < -0.4 is 4.90 Å². The molecule has 5 rings (SSSR count). The van der Waals surface area contributed by atoms with E-state index in [9.17, 15) is 4.79 Å². The summed E-state index contributed by atoms with van der Waals surface area (Å²) in [5.41, 5.74) is 1.99. The molecule has 2 saturated carbocycles. The number of amides is 1. The summed E-state index contributed by atoms with van der Waals surface area (Å²) in [7, 11) is 0. The van der Waals surface area contributed by atoms with E-state index in [4.69, 9.17) is 10.1 Å². The maximum absolute atomic E-state index is 13.7. The molecule has 0 bridgehead atoms. The Balaban J connectivity index is 1.66. The van der Waals surface area contributed by atoms with E-state index in [0.29, 0.717) is 5.92 Å². The third-order valence-corrected chi connectivity index (χ3v) is 7.58. The lowest BCUT2D eigenvalue weighted by Crippen LogP contribution is -2.61. The molecular weight excluding hydrogens is 360 g/mol. The van der Waals surface area contributed by atoms with Crippen LogP contribution in [0.4, 0.5) is 5.95 Å². The van der Waals surface area contributed by atoms with Crippen LogP contribution in [-0.4, -0.2) is 26.7 Å². The van der Waals surface area contributed by atoms with Gasteiger partial charge in [-0.25, -0.2) is 4.68 Å². The van der Waals surface area contributed by atoms with E-state index in [-0.39, 0.29) is 17.5 Å². The predicted molar refractivity (Wildman–Crippen MR) is 114 cm³/mol. The fourth-order valence-corrected chi connectivity index (χ4v) is 6.13. The van der Waals surface area contributed by atoms with Crippen molar-refractivity contribution in [3.05, 3.63) is 41.2 Å². The molecule has 1 aromatic carbocycles. The first-order valence-electron chi connectivity index (χ1n) is 11.5. The van der Waals surface area contributed by atoms with Crippen LogP contribution in [0.5, 0.6) is 0 Å². The van der Waals surface area contributed by atoms with Crippen molar-refractivity contribution in [2.45, 2.75) is 89.6 Å². The Morgan fingerprint density at radius 1 is 1.07 bits per heavy atom. The van der Waals surface area contributed by atoms with E-state index in [0.717, 1.165) is 30.2 Å². The van der Waals surface area contributed by atoms with Crippen LogP contribution in [-0.2, 0) is 12.0 Å². The Bertz CT molecular complexity index is 894. The minimum atomic E-state index is 0.0587. The van der Waals surface area contributed by atoms with Crippen molar-refractivity contribution in [3.63, 3.8) is 0 Å². The molecule has 0 N–H and O–H groups in total. The van der Waals surface area contributed by atoms with E-state index in [1.807, 2.05) is 29.2 Å². The quantitative estimate of drug-likeness (QED) is 0.720. The molecule has 154 valence electrons. The standard InChI is InChI=1S/C24H32N4O/c1-3-21-25-23-27(22(29)18-13-11-17(2)12-14-18)20-10-6-5-9-19(20)24(28(23)26-21)15-7-4-8-16-24/h11-14,19-20H,3-10,15-16H2,1-2H3/t19-,20+/m1/s1. The Hall–Kier alpha value is -2.17. The highest BCUT2D eigenvalue weighted by molar-refractivity contribution is 6.05. The number of rotatable bonds is 2. The van der Waals surface area contributed by atoms with Crippen molar-refractivity contribution in [1.29, 1.82) is 0 Å². The molecule has 1 spiro atoms. The molecule has 2 aromatic rings. The van der Waals surface area contributed by atoms with Gasteiger partial charge in [0.05, 0.1) is 5.54 Å². The number of aryl methyl sites for hydroxylation is 2. The minimum Gasteiger partial charge on any atom is -0.273 e. The van der Waals surface area contributed by atoms with Crippen molar-refractivity contribution in [3.8, 4) is 0 Å². The first-order chi connectivity index (χ1) is 14.1. The number of aromatic nitrogens is 3. The molecule has 29 heavy (non-hydrogen) atoms. The maximum atomic E-state index is 13.7. The fourth-order valence-electron chi connectivity index (χ4n) is 6.13. The zero-order valence-corrected chi connectivity index (χ0v) is 17.7. The largest absolute Gasteiger partial charge is 0.273 e. The lowest BCUT2D eigenvalue weighted by molar-refractivity contribution is 0.0311. The summed E-state index contributed by atoms with van der Waals surface area (Å²) in [6.45, 7) is 4.16. The van der Waals surface area contributed by atoms with Crippen molar-refractivity contribution < 1.29 is 4.79 Å². The molecule has 5 nitrogen and oxygen atoms in total. The monoisotopic (exact) mass is 392 g/mol. The van der Waals surface area contributed by atoms with Crippen LogP contribution in [0.3, 0.4) is 0 Å². The summed E-state index contributed by atoms with van der Waals surface area (Å²) in [4.78, 5) is 20.7. The molecule has 1 amide bonds. The van der Waals surface area contributed by atoms with Gasteiger partial charge in [0.25, 0.3) is 5.91 Å². The van der Waals surface area contributed by atoms with Gasteiger partial charge in [-0.15, -0.1) is 0 Å². The van der Waals surface area contributed by atoms with E-state index in [2.05, 4.69) is 18.5 Å². The summed E-state index contributed by atoms with van der Waals surface area (Å²) >= 11 is 0. The Morgan fingerprint density at radius 2 is 1.79 bits per heavy atom. The van der Waals surface area contributed by atoms with E-state index >= 15 is 0 Å². The Morgan fingerprint density at radius 3 is 2.52 bits per heavy atom. The van der Waals surface area contributed by atoms with Crippen molar-refractivity contribution >= 4 is 11.9 Å². The van der Waals surface area contributed by atoms with Crippen LogP contribution in [0.15, 0.2) is 24.3 Å². The first-order valence-corrected chi connectivity index (χ1v) is 11.5. The lowest BCUT2D eigenvalue weighted by atomic mass is 9.64. The number of fused-ring (bicyclic) bond motifs is 4. The number of hydrogen-bond acceptors (Lipinski definition) is 3. The zero-order valence-electron chi connectivity index (χ0n) is 17.7. The topological polar surface area (TPSA) is 51.0 Å². The predicted octanol–water partition coefficient (Wildman–Crippen LogP) is 5.03. The van der Waals surface area contributed by atoms with Crippen molar-refractivity contribution in [1.82, 2.24) is 14.8 Å². The average Bonchev–Trinajstić information content (AvgIpc) is 3.20. The minimum absolute atomic E-state index is 0.0587. The summed E-state index contributed by atoms with van der Waals surface area (Å²) < 4.78 is 2.21. The van der Waals surface area contributed by atoms with Gasteiger partial charge in [0.1, 0.15) is 0 Å². The molecule has 0 radical (unpaired) electrons. The van der Waals surface area contributed by atoms with E-state index in [1.165, 1.54) is 56.9 Å². The molecule has 2 fully saturated rings. The highest BCUT2D eigenvalue weighted by Crippen LogP contribution is 2.52. The molecule has 1 aliphatic heterocycles. The number of carbonyl (C=O) groups is 1. The molecule has 0 unspecified atom stereocenters. The summed E-state index contributed by atoms with van der Waals surface area (Å²) in [6.07, 6.45) is 11.7. The number of nitrogens with zero attached hydrogens (tertiary/aromatic N) is 4. The fraction of sp³-hybridized carbons (Fsp3) is 0.625. The molecule has 2 aliphatic carbocycles. The Kier molecular flexibility index (Phi) is 4.72. The normalized spacial score (nSPS) is 25.5. The van der Waals surface area contributed by atoms with Gasteiger partial charge in [0.15, 0.2) is 5.82 Å². The van der Waals surface area contributed by atoms with Crippen LogP contribution in [0.25, 0.3) is 0 Å². The molecular formula is C24H32N4O. The van der Waals surface area contributed by atoms with Gasteiger partial charge >= 0.3 is 0 Å². The molecule has 0 saturated heterocycles. The molecule has 2 atom stereocenters. The van der Waals surface area contributed by atoms with Gasteiger partial charge in [0, 0.05) is 23.9 Å². The number of benzene rings is 1.